The summed E-state index contributed by atoms with van der Waals surface area (Å²) in [7, 11) is -4.34. The van der Waals surface area contributed by atoms with Gasteiger partial charge in [0.1, 0.15) is 31.0 Å². The van der Waals surface area contributed by atoms with Crippen LogP contribution >= 0.6 is 0 Å². The first-order chi connectivity index (χ1) is 26.6. The van der Waals surface area contributed by atoms with Gasteiger partial charge in [0.25, 0.3) is 10.1 Å². The molecule has 5 atom stereocenters. The molecule has 1 aromatic carbocycles. The van der Waals surface area contributed by atoms with E-state index in [1.165, 1.54) is 6.08 Å². The van der Waals surface area contributed by atoms with Gasteiger partial charge in [-0.2, -0.15) is 8.42 Å². The molecule has 0 aliphatic carbocycles. The number of carbonyl (C=O) groups excluding carboxylic acids is 7. The van der Waals surface area contributed by atoms with Gasteiger partial charge in [-0.25, -0.2) is 4.79 Å². The van der Waals surface area contributed by atoms with E-state index in [9.17, 15) is 47.1 Å². The Kier molecular flexibility index (Phi) is 16.5. The summed E-state index contributed by atoms with van der Waals surface area (Å²) in [6, 6.07) is 1.32. The van der Waals surface area contributed by atoms with Crippen LogP contribution in [0.15, 0.2) is 36.4 Å². The van der Waals surface area contributed by atoms with Crippen LogP contribution in [0.3, 0.4) is 0 Å². The van der Waals surface area contributed by atoms with Crippen molar-refractivity contribution in [2.24, 2.45) is 17.1 Å². The summed E-state index contributed by atoms with van der Waals surface area (Å²) in [5, 5.41) is 20.7. The number of likely N-dealkylation sites (tertiary alicyclic amines) is 1. The minimum Gasteiger partial charge on any atom is -0.460 e. The van der Waals surface area contributed by atoms with Crippen molar-refractivity contribution in [3.05, 3.63) is 42.0 Å². The van der Waals surface area contributed by atoms with Crippen molar-refractivity contribution in [1.82, 2.24) is 25.8 Å². The molecule has 8 N–H and O–H groups in total. The Hall–Kier alpha value is -5.12. The fourth-order valence-electron chi connectivity index (χ4n) is 5.89. The lowest BCUT2D eigenvalue weighted by molar-refractivity contribution is -0.154. The van der Waals surface area contributed by atoms with E-state index >= 15 is 0 Å². The highest BCUT2D eigenvalue weighted by molar-refractivity contribution is 7.85. The Labute approximate surface area is 331 Å². The first kappa shape index (κ1) is 46.3. The normalized spacial score (nSPS) is 19.3. The number of hydrogen-bond acceptors (Lipinski definition) is 12. The third-order valence-corrected chi connectivity index (χ3v) is 9.65. The molecule has 2 heterocycles. The van der Waals surface area contributed by atoms with Gasteiger partial charge < -0.3 is 46.5 Å². The van der Waals surface area contributed by atoms with Crippen LogP contribution in [0.5, 0.6) is 0 Å². The van der Waals surface area contributed by atoms with Gasteiger partial charge in [0.15, 0.2) is 0 Å². The molecule has 2 aliphatic rings. The van der Waals surface area contributed by atoms with Crippen molar-refractivity contribution in [3.8, 4) is 0 Å². The second kappa shape index (κ2) is 20.3. The average molecular weight is 824 g/mol. The number of primary amides is 1. The Morgan fingerprint density at radius 1 is 1.04 bits per heavy atom. The van der Waals surface area contributed by atoms with Gasteiger partial charge in [-0.1, -0.05) is 26.0 Å². The highest BCUT2D eigenvalue weighted by Gasteiger charge is 2.47. The maximum absolute atomic E-state index is 13.7. The zero-order chi connectivity index (χ0) is 42.7. The first-order valence-electron chi connectivity index (χ1n) is 18.3. The van der Waals surface area contributed by atoms with E-state index in [0.717, 1.165) is 15.9 Å². The van der Waals surface area contributed by atoms with Crippen molar-refractivity contribution >= 4 is 57.3 Å². The third-order valence-electron chi connectivity index (χ3n) is 8.97. The van der Waals surface area contributed by atoms with Crippen molar-refractivity contribution in [2.45, 2.75) is 90.9 Å². The average Bonchev–Trinajstić information content (AvgIpc) is 3.60. The van der Waals surface area contributed by atoms with Gasteiger partial charge in [0.2, 0.25) is 29.5 Å². The number of urea groups is 1. The fraction of sp³-hybridized carbons (Fsp3) is 0.583. The van der Waals surface area contributed by atoms with Crippen molar-refractivity contribution in [3.63, 3.8) is 0 Å². The highest BCUT2D eigenvalue weighted by Crippen LogP contribution is 2.28. The summed E-state index contributed by atoms with van der Waals surface area (Å²) >= 11 is 0. The molecule has 0 saturated carbocycles. The Bertz CT molecular complexity index is 1780. The zero-order valence-corrected chi connectivity index (χ0v) is 33.4. The van der Waals surface area contributed by atoms with Crippen molar-refractivity contribution in [1.29, 1.82) is 0 Å². The molecule has 0 bridgehead atoms. The summed E-state index contributed by atoms with van der Waals surface area (Å²) in [4.78, 5) is 92.1. The number of ether oxygens (including phenoxy) is 2. The topological polar surface area (TPSA) is 293 Å². The number of hydrogen-bond donors (Lipinski definition) is 7. The molecule has 0 spiro atoms. The Morgan fingerprint density at radius 2 is 1.70 bits per heavy atom. The number of benzene rings is 1. The molecule has 21 heteroatoms. The maximum Gasteiger partial charge on any atom is 0.312 e. The van der Waals surface area contributed by atoms with Crippen LogP contribution in [0.1, 0.15) is 59.4 Å². The van der Waals surface area contributed by atoms with Crippen molar-refractivity contribution < 1.29 is 61.1 Å². The predicted octanol–water partition coefficient (Wildman–Crippen LogP) is -0.621. The number of esters is 1. The molecule has 1 unspecified atom stereocenters. The first-order valence-corrected chi connectivity index (χ1v) is 19.9. The molecule has 316 valence electrons. The molecule has 1 saturated heterocycles. The molecule has 0 radical (unpaired) electrons. The van der Waals surface area contributed by atoms with E-state index in [2.05, 4.69) is 21.3 Å². The van der Waals surface area contributed by atoms with E-state index in [4.69, 9.17) is 19.8 Å². The molecule has 1 aromatic rings. The second-order valence-corrected chi connectivity index (χ2v) is 16.6. The lowest BCUT2D eigenvalue weighted by atomic mass is 9.97. The largest absolute Gasteiger partial charge is 0.460 e. The summed E-state index contributed by atoms with van der Waals surface area (Å²) in [6.45, 7) is 7.30. The van der Waals surface area contributed by atoms with E-state index in [1.54, 1.807) is 58.9 Å². The van der Waals surface area contributed by atoms with Crippen LogP contribution in [0, 0.1) is 11.3 Å². The number of nitrogens with two attached hydrogens (primary N) is 1. The monoisotopic (exact) mass is 823 g/mol. The smallest absolute Gasteiger partial charge is 0.312 e. The van der Waals surface area contributed by atoms with Gasteiger partial charge in [-0.05, 0) is 69.7 Å². The van der Waals surface area contributed by atoms with Crippen LogP contribution in [-0.4, -0.2) is 132 Å². The van der Waals surface area contributed by atoms with Gasteiger partial charge in [0.05, 0.1) is 37.0 Å². The number of carbonyl (C=O) groups is 7. The van der Waals surface area contributed by atoms with E-state index in [0.29, 0.717) is 11.3 Å². The summed E-state index contributed by atoms with van der Waals surface area (Å²) in [6.07, 6.45) is 1.11. The van der Waals surface area contributed by atoms with Gasteiger partial charge in [-0.3, -0.25) is 38.2 Å². The van der Waals surface area contributed by atoms with Gasteiger partial charge in [-0.15, -0.1) is 0 Å². The summed E-state index contributed by atoms with van der Waals surface area (Å²) in [5.74, 6) is -5.08. The molecule has 3 rings (SSSR count). The third kappa shape index (κ3) is 14.4. The molecule has 7 amide bonds. The Balaban J connectivity index is 1.71. The Morgan fingerprint density at radius 3 is 2.26 bits per heavy atom. The van der Waals surface area contributed by atoms with Crippen LogP contribution in [0.4, 0.5) is 10.5 Å². The lowest BCUT2D eigenvalue weighted by Crippen LogP contribution is -2.56. The zero-order valence-electron chi connectivity index (χ0n) is 32.6. The number of nitrogens with zero attached hydrogens (tertiary/aromatic N) is 2. The lowest BCUT2D eigenvalue weighted by Gasteiger charge is -2.28. The van der Waals surface area contributed by atoms with Crippen LogP contribution < -0.4 is 27.0 Å². The number of aliphatic hydroxyl groups excluding tert-OH is 1. The van der Waals surface area contributed by atoms with Crippen LogP contribution in [0.2, 0.25) is 0 Å². The minimum atomic E-state index is -4.34. The molecular weight excluding hydrogens is 770 g/mol. The number of nitrogens with one attached hydrogen (secondary N) is 4. The number of rotatable bonds is 20. The number of amides is 7. The fourth-order valence-corrected chi connectivity index (χ4v) is 6.22. The summed E-state index contributed by atoms with van der Waals surface area (Å²) in [5.41, 5.74) is 5.52. The molecular formula is C36H53N7O13S. The number of aliphatic hydroxyl groups is 1. The standard InChI is InChI=1S/C36H53N7O13S/c1-21(2)30(41-27(44)18-42-24(20-55-15-16-57(52,53)54)17-26(33(42)49)43-28(45)12-13-29(43)46)32(48)40-25(7-6-14-38-35(37)51)31(47)39-23-10-8-22(9-11-23)19-56-34(50)36(3,4)5/h8-13,21,24-26,28,30,45H,6-7,14-20H2,1-5H3,(H,39,47)(H,40,48)(H,41,44)(H3,37,38,51)(H,52,53,54)/t24-,25-,26-,28?,30-/m0/s1. The summed E-state index contributed by atoms with van der Waals surface area (Å²) < 4.78 is 42.0. The van der Waals surface area contributed by atoms with Crippen molar-refractivity contribution in [2.75, 3.05) is 37.4 Å². The predicted molar refractivity (Wildman–Crippen MR) is 203 cm³/mol. The van der Waals surface area contributed by atoms with Gasteiger partial charge in [0, 0.05) is 18.3 Å². The SMILES string of the molecule is CC(C)[C@H](NC(=O)CN1C(=O)[C@@H](N2C(=O)C=CC2O)C[C@H]1COCCS(=O)(=O)O)C(=O)N[C@@H](CCCNC(N)=O)C(=O)Nc1ccc(COC(=O)C(C)(C)C)cc1. The van der Waals surface area contributed by atoms with E-state index < -0.39 is 106 Å². The minimum absolute atomic E-state index is 0.0227. The van der Waals surface area contributed by atoms with Gasteiger partial charge >= 0.3 is 12.0 Å². The highest BCUT2D eigenvalue weighted by atomic mass is 32.2. The molecule has 1 fully saturated rings. The van der Waals surface area contributed by atoms with E-state index in [-0.39, 0.29) is 45.0 Å². The van der Waals surface area contributed by atoms with E-state index in [1.807, 2.05) is 0 Å². The molecule has 2 aliphatic heterocycles. The molecule has 0 aromatic heterocycles. The van der Waals surface area contributed by atoms with Crippen LogP contribution in [-0.2, 0) is 55.0 Å². The maximum atomic E-state index is 13.7. The molecule has 57 heavy (non-hydrogen) atoms. The molecule has 20 nitrogen and oxygen atoms in total. The van der Waals surface area contributed by atoms with Crippen LogP contribution in [0.25, 0.3) is 0 Å². The second-order valence-electron chi connectivity index (χ2n) is 15.0. The number of anilines is 1. The quantitative estimate of drug-likeness (QED) is 0.0491.